The van der Waals surface area contributed by atoms with E-state index in [2.05, 4.69) is 15.2 Å². The van der Waals surface area contributed by atoms with Crippen molar-refractivity contribution in [3.63, 3.8) is 0 Å². The first-order valence-electron chi connectivity index (χ1n) is 16.1. The molecule has 3 aromatic rings. The normalized spacial score (nSPS) is 25.3. The van der Waals surface area contributed by atoms with Gasteiger partial charge in [-0.25, -0.2) is 14.1 Å². The van der Waals surface area contributed by atoms with Gasteiger partial charge < -0.3 is 29.9 Å². The lowest BCUT2D eigenvalue weighted by Gasteiger charge is -2.33. The summed E-state index contributed by atoms with van der Waals surface area (Å²) in [7, 11) is -4.48. The Morgan fingerprint density at radius 2 is 1.91 bits per heavy atom. The lowest BCUT2D eigenvalue weighted by molar-refractivity contribution is -0.149. The smallest absolute Gasteiger partial charge is 0.459 e. The molecule has 2 unspecified atom stereocenters. The van der Waals surface area contributed by atoms with Crippen molar-refractivity contribution in [1.82, 2.24) is 19.7 Å². The van der Waals surface area contributed by atoms with Crippen molar-refractivity contribution >= 4 is 25.1 Å². The molecule has 2 aliphatic rings. The number of ether oxygens (including phenoxy) is 2. The van der Waals surface area contributed by atoms with E-state index in [9.17, 15) is 24.8 Å². The summed E-state index contributed by atoms with van der Waals surface area (Å²) in [6.07, 6.45) is 2.54. The first-order chi connectivity index (χ1) is 22.6. The van der Waals surface area contributed by atoms with Gasteiger partial charge in [0.2, 0.25) is 5.60 Å². The number of nitrogen functional groups attached to an aromatic ring is 1. The molecule has 1 saturated carbocycles. The van der Waals surface area contributed by atoms with Gasteiger partial charge in [0, 0.05) is 0 Å². The summed E-state index contributed by atoms with van der Waals surface area (Å²) in [6.45, 7) is 3.50. The van der Waals surface area contributed by atoms with Gasteiger partial charge in [0.05, 0.1) is 12.3 Å². The summed E-state index contributed by atoms with van der Waals surface area (Å²) in [6, 6.07) is 12.4. The predicted octanol–water partition coefficient (Wildman–Crippen LogP) is 4.09. The van der Waals surface area contributed by atoms with E-state index >= 15 is 0 Å². The largest absolute Gasteiger partial charge is 0.464 e. The van der Waals surface area contributed by atoms with Crippen molar-refractivity contribution in [2.24, 2.45) is 11.8 Å². The number of nitrogens with one attached hydrogen (secondary N) is 1. The molecule has 1 aliphatic carbocycles. The van der Waals surface area contributed by atoms with Crippen LogP contribution in [0.5, 0.6) is 5.75 Å². The number of hydrogen-bond acceptors (Lipinski definition) is 12. The van der Waals surface area contributed by atoms with Crippen LogP contribution < -0.4 is 15.3 Å². The third-order valence-electron chi connectivity index (χ3n) is 9.15. The Bertz CT molecular complexity index is 1590. The molecule has 47 heavy (non-hydrogen) atoms. The van der Waals surface area contributed by atoms with Gasteiger partial charge in [-0.15, -0.1) is 0 Å². The minimum atomic E-state index is -4.48. The van der Waals surface area contributed by atoms with Gasteiger partial charge in [-0.2, -0.15) is 15.4 Å². The van der Waals surface area contributed by atoms with Crippen LogP contribution in [0, 0.1) is 23.2 Å². The molecule has 15 heteroatoms. The maximum atomic E-state index is 14.6. The van der Waals surface area contributed by atoms with Crippen LogP contribution in [-0.2, 0) is 23.4 Å². The van der Waals surface area contributed by atoms with Crippen molar-refractivity contribution < 1.29 is 38.1 Å². The highest BCUT2D eigenvalue weighted by Crippen LogP contribution is 2.49. The van der Waals surface area contributed by atoms with Gasteiger partial charge in [0.15, 0.2) is 5.82 Å². The molecule has 2 fully saturated rings. The number of aliphatic hydroxyl groups is 2. The van der Waals surface area contributed by atoms with Crippen LogP contribution in [0.2, 0.25) is 0 Å². The van der Waals surface area contributed by atoms with Crippen LogP contribution in [0.4, 0.5) is 5.82 Å². The summed E-state index contributed by atoms with van der Waals surface area (Å²) >= 11 is 0. The molecule has 1 saturated heterocycles. The van der Waals surface area contributed by atoms with E-state index in [1.165, 1.54) is 10.8 Å². The highest BCUT2D eigenvalue weighted by Gasteiger charge is 2.57. The van der Waals surface area contributed by atoms with E-state index in [1.807, 2.05) is 19.9 Å². The van der Waals surface area contributed by atoms with Crippen LogP contribution in [0.25, 0.3) is 5.52 Å². The van der Waals surface area contributed by atoms with Crippen molar-refractivity contribution in [3.8, 4) is 11.8 Å². The second-order valence-corrected chi connectivity index (χ2v) is 13.9. The molecule has 5 rings (SSSR count). The molecule has 0 bridgehead atoms. The molecule has 0 amide bonds. The fraction of sp³-hybridized carbons (Fsp3) is 0.562. The minimum absolute atomic E-state index is 0.185. The number of carbonyl (C=O) groups is 1. The van der Waals surface area contributed by atoms with Gasteiger partial charge in [-0.3, -0.25) is 9.32 Å². The molecule has 6 atom stereocenters. The Hall–Kier alpha value is -3.57. The topological polar surface area (TPSA) is 204 Å². The van der Waals surface area contributed by atoms with E-state index in [4.69, 9.17) is 24.3 Å². The number of benzene rings is 1. The second-order valence-electron chi connectivity index (χ2n) is 12.2. The van der Waals surface area contributed by atoms with Crippen LogP contribution >= 0.6 is 7.75 Å². The number of para-hydroxylation sites is 1. The number of fused-ring (bicyclic) bond motifs is 1. The maximum absolute atomic E-state index is 14.6. The predicted molar refractivity (Wildman–Crippen MR) is 171 cm³/mol. The average molecular weight is 671 g/mol. The number of nitriles is 1. The molecule has 0 spiro atoms. The maximum Gasteiger partial charge on any atom is 0.459 e. The van der Waals surface area contributed by atoms with E-state index in [-0.39, 0.29) is 30.0 Å². The molecular formula is C32H43N6O8P. The number of nitrogens with zero attached hydrogens (tertiary/aromatic N) is 4. The van der Waals surface area contributed by atoms with Crippen LogP contribution in [-0.4, -0.2) is 67.8 Å². The highest BCUT2D eigenvalue weighted by molar-refractivity contribution is 7.52. The van der Waals surface area contributed by atoms with Crippen molar-refractivity contribution in [1.29, 1.82) is 5.26 Å². The first kappa shape index (κ1) is 34.8. The number of rotatable bonds is 14. The van der Waals surface area contributed by atoms with Crippen LogP contribution in [0.15, 0.2) is 48.8 Å². The Labute approximate surface area is 273 Å². The molecule has 5 N–H and O–H groups in total. The molecule has 3 heterocycles. The van der Waals surface area contributed by atoms with E-state index in [0.29, 0.717) is 24.1 Å². The first-order valence-corrected chi connectivity index (χ1v) is 17.6. The van der Waals surface area contributed by atoms with Gasteiger partial charge >= 0.3 is 13.7 Å². The second kappa shape index (κ2) is 15.1. The van der Waals surface area contributed by atoms with Gasteiger partial charge in [0.25, 0.3) is 0 Å². The summed E-state index contributed by atoms with van der Waals surface area (Å²) in [5.41, 5.74) is 4.51. The average Bonchev–Trinajstić information content (AvgIpc) is 3.63. The fourth-order valence-electron chi connectivity index (χ4n) is 6.17. The van der Waals surface area contributed by atoms with Gasteiger partial charge in [-0.05, 0) is 48.9 Å². The number of hydrogen-bond donors (Lipinski definition) is 4. The Balaban J connectivity index is 1.42. The van der Waals surface area contributed by atoms with E-state index in [0.717, 1.165) is 32.1 Å². The Kier molecular flexibility index (Phi) is 11.2. The number of aromatic nitrogens is 3. The van der Waals surface area contributed by atoms with Crippen LogP contribution in [0.1, 0.15) is 70.6 Å². The SMILES string of the molecule is CCC(CC)COC(=O)C(NP(=O)(OC[C@@]1(C#N)O[C@@H](c2ccc3c(N)ncnn23)[C@H](O)[C@@H]1O)Oc1ccccc1)C1CCCCC1. The van der Waals surface area contributed by atoms with Crippen molar-refractivity contribution in [2.45, 2.75) is 88.7 Å². The zero-order valence-corrected chi connectivity index (χ0v) is 27.5. The van der Waals surface area contributed by atoms with E-state index in [1.54, 1.807) is 42.5 Å². The monoisotopic (exact) mass is 670 g/mol. The summed E-state index contributed by atoms with van der Waals surface area (Å²) in [5.74, 6) is -0.204. The molecule has 0 radical (unpaired) electrons. The summed E-state index contributed by atoms with van der Waals surface area (Å²) in [4.78, 5) is 17.6. The third kappa shape index (κ3) is 7.62. The molecule has 1 aromatic carbocycles. The van der Waals surface area contributed by atoms with Crippen LogP contribution in [0.3, 0.4) is 0 Å². The molecular weight excluding hydrogens is 627 g/mol. The Morgan fingerprint density at radius 3 is 2.60 bits per heavy atom. The highest BCUT2D eigenvalue weighted by atomic mass is 31.2. The summed E-state index contributed by atoms with van der Waals surface area (Å²) in [5, 5.41) is 39.6. The third-order valence-corrected chi connectivity index (χ3v) is 10.7. The molecule has 2 aromatic heterocycles. The number of anilines is 1. The zero-order valence-electron chi connectivity index (χ0n) is 26.6. The molecule has 1 aliphatic heterocycles. The fourth-order valence-corrected chi connectivity index (χ4v) is 7.77. The molecule has 14 nitrogen and oxygen atoms in total. The number of carbonyl (C=O) groups excluding carboxylic acids is 1. The van der Waals surface area contributed by atoms with Gasteiger partial charge in [0.1, 0.15) is 54.6 Å². The summed E-state index contributed by atoms with van der Waals surface area (Å²) < 4.78 is 39.5. The molecule has 254 valence electrons. The number of aliphatic hydroxyl groups excluding tert-OH is 2. The standard InChI is InChI=1S/C32H43N6O8P/c1-3-21(4-2)17-43-31(41)26(22-11-7-5-8-12-22)37-47(42,46-23-13-9-6-10-14-23)44-19-32(18-33)29(40)27(39)28(45-32)24-15-16-25-30(34)35-20-36-38(24)25/h6,9-10,13-16,20-22,26-29,39-40H,3-5,7-8,11-12,17,19H2,1-2H3,(H,37,42)(H2,34,35,36)/t26?,27-,28-,29-,32+,47?/m0/s1. The lowest BCUT2D eigenvalue weighted by Crippen LogP contribution is -2.47. The quantitative estimate of drug-likeness (QED) is 0.141. The van der Waals surface area contributed by atoms with Crippen molar-refractivity contribution in [2.75, 3.05) is 18.9 Å². The lowest BCUT2D eigenvalue weighted by atomic mass is 9.84. The van der Waals surface area contributed by atoms with Crippen molar-refractivity contribution in [3.05, 3.63) is 54.5 Å². The Morgan fingerprint density at radius 1 is 1.19 bits per heavy atom. The minimum Gasteiger partial charge on any atom is -0.464 e. The zero-order chi connectivity index (χ0) is 33.6. The number of esters is 1. The van der Waals surface area contributed by atoms with Gasteiger partial charge in [-0.1, -0.05) is 64.2 Å². The van der Waals surface area contributed by atoms with E-state index < -0.39 is 50.3 Å². The number of nitrogens with two attached hydrogens (primary N) is 1.